The SMILES string of the molecule is CCOc1cccc(N2C(=O)C(=O)/C(=C(/O)c3ccc(Br)c(C)c3)C2c2ccc(N(C)C)cc2)c1. The third kappa shape index (κ3) is 4.68. The van der Waals surface area contributed by atoms with E-state index in [1.165, 1.54) is 4.90 Å². The van der Waals surface area contributed by atoms with Gasteiger partial charge in [-0.05, 0) is 61.4 Å². The summed E-state index contributed by atoms with van der Waals surface area (Å²) in [6.07, 6.45) is 0. The molecule has 1 amide bonds. The van der Waals surface area contributed by atoms with Gasteiger partial charge in [0, 0.05) is 41.6 Å². The highest BCUT2D eigenvalue weighted by atomic mass is 79.9. The molecule has 1 N–H and O–H groups in total. The number of benzene rings is 3. The average molecular weight is 535 g/mol. The molecule has 1 fully saturated rings. The van der Waals surface area contributed by atoms with Crippen LogP contribution in [0.1, 0.15) is 29.7 Å². The van der Waals surface area contributed by atoms with E-state index in [2.05, 4.69) is 15.9 Å². The second-order valence-corrected chi connectivity index (χ2v) is 9.40. The molecule has 1 aliphatic heterocycles. The predicted octanol–water partition coefficient (Wildman–Crippen LogP) is 5.85. The zero-order valence-electron chi connectivity index (χ0n) is 20.1. The number of ether oxygens (including phenoxy) is 1. The number of hydrogen-bond acceptors (Lipinski definition) is 5. The summed E-state index contributed by atoms with van der Waals surface area (Å²) < 4.78 is 6.51. The van der Waals surface area contributed by atoms with E-state index in [4.69, 9.17) is 4.74 Å². The maximum atomic E-state index is 13.4. The summed E-state index contributed by atoms with van der Waals surface area (Å²) in [6.45, 7) is 4.25. The summed E-state index contributed by atoms with van der Waals surface area (Å²) in [4.78, 5) is 30.1. The molecule has 0 saturated carbocycles. The molecule has 7 heteroatoms. The quantitative estimate of drug-likeness (QED) is 0.244. The van der Waals surface area contributed by atoms with Gasteiger partial charge < -0.3 is 14.7 Å². The Morgan fingerprint density at radius 2 is 1.77 bits per heavy atom. The molecule has 0 aromatic heterocycles. The van der Waals surface area contributed by atoms with Gasteiger partial charge in [0.25, 0.3) is 11.7 Å². The fourth-order valence-corrected chi connectivity index (χ4v) is 4.45. The van der Waals surface area contributed by atoms with Crippen molar-refractivity contribution in [2.24, 2.45) is 0 Å². The standard InChI is InChI=1S/C28H27BrN2O4/c1-5-35-22-8-6-7-21(16-22)31-25(18-9-12-20(13-10-18)30(3)4)24(27(33)28(31)34)26(32)19-11-14-23(29)17(2)15-19/h6-16,25,32H,5H2,1-4H3/b26-24+. The van der Waals surface area contributed by atoms with Gasteiger partial charge >= 0.3 is 0 Å². The van der Waals surface area contributed by atoms with Crippen LogP contribution in [0.4, 0.5) is 11.4 Å². The highest BCUT2D eigenvalue weighted by Crippen LogP contribution is 2.43. The average Bonchev–Trinajstić information content (AvgIpc) is 3.11. The third-order valence-corrected chi connectivity index (χ3v) is 6.90. The molecule has 0 aliphatic carbocycles. The number of anilines is 2. The lowest BCUT2D eigenvalue weighted by molar-refractivity contribution is -0.132. The number of amides is 1. The van der Waals surface area contributed by atoms with Crippen LogP contribution in [0, 0.1) is 6.92 Å². The maximum absolute atomic E-state index is 13.4. The summed E-state index contributed by atoms with van der Waals surface area (Å²) in [5.41, 5.74) is 3.64. The van der Waals surface area contributed by atoms with Gasteiger partial charge in [0.2, 0.25) is 0 Å². The number of aliphatic hydroxyl groups excluding tert-OH is 1. The molecule has 4 rings (SSSR count). The minimum atomic E-state index is -0.799. The number of nitrogens with zero attached hydrogens (tertiary/aromatic N) is 2. The van der Waals surface area contributed by atoms with Gasteiger partial charge in [0.15, 0.2) is 0 Å². The first-order valence-corrected chi connectivity index (χ1v) is 12.1. The van der Waals surface area contributed by atoms with Crippen LogP contribution in [-0.2, 0) is 9.59 Å². The number of ketones is 1. The normalized spacial score (nSPS) is 17.1. The molecule has 1 unspecified atom stereocenters. The van der Waals surface area contributed by atoms with Gasteiger partial charge in [0.1, 0.15) is 11.5 Å². The third-order valence-electron chi connectivity index (χ3n) is 6.01. The first-order valence-electron chi connectivity index (χ1n) is 11.3. The second-order valence-electron chi connectivity index (χ2n) is 8.55. The minimum Gasteiger partial charge on any atom is -0.507 e. The van der Waals surface area contributed by atoms with E-state index in [1.807, 2.05) is 63.2 Å². The molecule has 0 spiro atoms. The molecule has 6 nitrogen and oxygen atoms in total. The lowest BCUT2D eigenvalue weighted by Gasteiger charge is -2.26. The molecule has 0 radical (unpaired) electrons. The van der Waals surface area contributed by atoms with Crippen molar-refractivity contribution in [3.63, 3.8) is 0 Å². The van der Waals surface area contributed by atoms with Crippen LogP contribution in [0.3, 0.4) is 0 Å². The first-order chi connectivity index (χ1) is 16.7. The van der Waals surface area contributed by atoms with E-state index in [-0.39, 0.29) is 11.3 Å². The number of aliphatic hydroxyl groups is 1. The number of carbonyl (C=O) groups excluding carboxylic acids is 2. The highest BCUT2D eigenvalue weighted by molar-refractivity contribution is 9.10. The summed E-state index contributed by atoms with van der Waals surface area (Å²) in [7, 11) is 3.88. The molecule has 35 heavy (non-hydrogen) atoms. The fraction of sp³-hybridized carbons (Fsp3) is 0.214. The van der Waals surface area contributed by atoms with Crippen molar-refractivity contribution in [1.82, 2.24) is 0 Å². The van der Waals surface area contributed by atoms with E-state index >= 15 is 0 Å². The molecule has 180 valence electrons. The van der Waals surface area contributed by atoms with E-state index in [9.17, 15) is 14.7 Å². The van der Waals surface area contributed by atoms with Crippen LogP contribution in [0.5, 0.6) is 5.75 Å². The smallest absolute Gasteiger partial charge is 0.300 e. The van der Waals surface area contributed by atoms with Crippen molar-refractivity contribution in [2.75, 3.05) is 30.5 Å². The summed E-state index contributed by atoms with van der Waals surface area (Å²) in [5, 5.41) is 11.3. The Labute approximate surface area is 213 Å². The Bertz CT molecular complexity index is 1310. The van der Waals surface area contributed by atoms with Crippen molar-refractivity contribution in [1.29, 1.82) is 0 Å². The van der Waals surface area contributed by atoms with Crippen LogP contribution in [0.15, 0.2) is 76.8 Å². The van der Waals surface area contributed by atoms with Gasteiger partial charge in [-0.15, -0.1) is 0 Å². The Hall–Kier alpha value is -3.58. The molecule has 0 bridgehead atoms. The van der Waals surface area contributed by atoms with Crippen LogP contribution >= 0.6 is 15.9 Å². The minimum absolute atomic E-state index is 0.0520. The molecule has 1 heterocycles. The van der Waals surface area contributed by atoms with E-state index in [0.717, 1.165) is 15.7 Å². The zero-order chi connectivity index (χ0) is 25.3. The van der Waals surface area contributed by atoms with Gasteiger partial charge in [-0.3, -0.25) is 14.5 Å². The largest absolute Gasteiger partial charge is 0.507 e. The van der Waals surface area contributed by atoms with Gasteiger partial charge in [-0.1, -0.05) is 40.2 Å². The predicted molar refractivity (Wildman–Crippen MR) is 142 cm³/mol. The molecule has 3 aromatic rings. The number of carbonyl (C=O) groups is 2. The number of hydrogen-bond donors (Lipinski definition) is 1. The Morgan fingerprint density at radius 3 is 2.40 bits per heavy atom. The van der Waals surface area contributed by atoms with E-state index in [0.29, 0.717) is 29.2 Å². The van der Waals surface area contributed by atoms with Crippen LogP contribution in [0.2, 0.25) is 0 Å². The Morgan fingerprint density at radius 1 is 1.06 bits per heavy atom. The lowest BCUT2D eigenvalue weighted by atomic mass is 9.94. The number of halogens is 1. The molecule has 1 atom stereocenters. The van der Waals surface area contributed by atoms with Crippen molar-refractivity contribution in [3.8, 4) is 5.75 Å². The molecular formula is C28H27BrN2O4. The Kier molecular flexibility index (Phi) is 6.98. The molecule has 1 aliphatic rings. The van der Waals surface area contributed by atoms with Crippen molar-refractivity contribution >= 4 is 44.8 Å². The number of rotatable bonds is 6. The zero-order valence-corrected chi connectivity index (χ0v) is 21.7. The van der Waals surface area contributed by atoms with E-state index < -0.39 is 17.7 Å². The van der Waals surface area contributed by atoms with Crippen molar-refractivity contribution < 1.29 is 19.4 Å². The topological polar surface area (TPSA) is 70.1 Å². The van der Waals surface area contributed by atoms with Crippen LogP contribution < -0.4 is 14.5 Å². The monoisotopic (exact) mass is 534 g/mol. The first kappa shape index (κ1) is 24.5. The number of Topliss-reactive ketones (excluding diaryl/α,β-unsaturated/α-hetero) is 1. The molecule has 1 saturated heterocycles. The fourth-order valence-electron chi connectivity index (χ4n) is 4.21. The summed E-state index contributed by atoms with van der Waals surface area (Å²) in [5.74, 6) is -1.04. The second kappa shape index (κ2) is 9.96. The maximum Gasteiger partial charge on any atom is 0.300 e. The summed E-state index contributed by atoms with van der Waals surface area (Å²) in [6, 6.07) is 19.2. The van der Waals surface area contributed by atoms with Gasteiger partial charge in [-0.25, -0.2) is 0 Å². The molecular weight excluding hydrogens is 508 g/mol. The van der Waals surface area contributed by atoms with Gasteiger partial charge in [0.05, 0.1) is 18.2 Å². The van der Waals surface area contributed by atoms with Crippen LogP contribution in [0.25, 0.3) is 5.76 Å². The van der Waals surface area contributed by atoms with Gasteiger partial charge in [-0.2, -0.15) is 0 Å². The Balaban J connectivity index is 1.92. The van der Waals surface area contributed by atoms with E-state index in [1.54, 1.807) is 36.4 Å². The number of aryl methyl sites for hydroxylation is 1. The van der Waals surface area contributed by atoms with Crippen LogP contribution in [-0.4, -0.2) is 37.5 Å². The lowest BCUT2D eigenvalue weighted by Crippen LogP contribution is -2.29. The van der Waals surface area contributed by atoms with Crippen molar-refractivity contribution in [3.05, 3.63) is 93.5 Å². The summed E-state index contributed by atoms with van der Waals surface area (Å²) >= 11 is 3.47. The highest BCUT2D eigenvalue weighted by Gasteiger charge is 2.47. The van der Waals surface area contributed by atoms with Crippen molar-refractivity contribution in [2.45, 2.75) is 19.9 Å². The molecule has 3 aromatic carbocycles.